The van der Waals surface area contributed by atoms with Crippen LogP contribution in [0, 0.1) is 23.7 Å². The van der Waals surface area contributed by atoms with E-state index in [9.17, 15) is 13.2 Å². The first-order chi connectivity index (χ1) is 6.06. The highest BCUT2D eigenvalue weighted by Gasteiger charge is 2.56. The third kappa shape index (κ3) is 1.27. The average Bonchev–Trinajstić information content (AvgIpc) is 2.63. The van der Waals surface area contributed by atoms with Crippen molar-refractivity contribution < 1.29 is 13.2 Å². The first-order valence-corrected chi connectivity index (χ1v) is 5.00. The molecular formula is C10H15F3. The molecule has 0 heterocycles. The summed E-state index contributed by atoms with van der Waals surface area (Å²) in [4.78, 5) is 0. The van der Waals surface area contributed by atoms with E-state index in [1.54, 1.807) is 0 Å². The summed E-state index contributed by atoms with van der Waals surface area (Å²) in [6.07, 6.45) is 2.86. The zero-order valence-corrected chi connectivity index (χ0v) is 7.77. The molecule has 0 radical (unpaired) electrons. The number of fused-ring (bicyclic) bond motifs is 2. The summed E-state index contributed by atoms with van der Waals surface area (Å²) in [6, 6.07) is 0. The van der Waals surface area contributed by atoms with Gasteiger partial charge in [0.05, 0.1) is 0 Å². The fourth-order valence-corrected chi connectivity index (χ4v) is 3.40. The zero-order chi connectivity index (χ0) is 9.64. The van der Waals surface area contributed by atoms with Crippen molar-refractivity contribution >= 4 is 0 Å². The molecule has 0 aliphatic heterocycles. The van der Waals surface area contributed by atoms with Crippen LogP contribution in [-0.2, 0) is 0 Å². The fraction of sp³-hybridized carbons (Fsp3) is 1.00. The molecule has 3 heteroatoms. The van der Waals surface area contributed by atoms with E-state index in [0.29, 0.717) is 5.92 Å². The summed E-state index contributed by atoms with van der Waals surface area (Å²) in [5.41, 5.74) is 0. The highest BCUT2D eigenvalue weighted by atomic mass is 19.3. The van der Waals surface area contributed by atoms with Crippen molar-refractivity contribution in [3.05, 3.63) is 0 Å². The van der Waals surface area contributed by atoms with Crippen LogP contribution in [-0.4, -0.2) is 12.6 Å². The Morgan fingerprint density at radius 3 is 2.31 bits per heavy atom. The van der Waals surface area contributed by atoms with Gasteiger partial charge in [0.15, 0.2) is 6.67 Å². The van der Waals surface area contributed by atoms with Crippen molar-refractivity contribution in [2.75, 3.05) is 6.67 Å². The Bertz CT molecular complexity index is 200. The lowest BCUT2D eigenvalue weighted by Gasteiger charge is -2.33. The smallest absolute Gasteiger partial charge is 0.244 e. The molecule has 2 aliphatic rings. The van der Waals surface area contributed by atoms with E-state index in [-0.39, 0.29) is 11.8 Å². The molecule has 0 nitrogen and oxygen atoms in total. The number of halogens is 3. The predicted octanol–water partition coefficient (Wildman–Crippen LogP) is 3.27. The molecule has 4 atom stereocenters. The Morgan fingerprint density at radius 2 is 1.85 bits per heavy atom. The van der Waals surface area contributed by atoms with Crippen LogP contribution in [0.1, 0.15) is 26.2 Å². The van der Waals surface area contributed by atoms with Gasteiger partial charge < -0.3 is 0 Å². The summed E-state index contributed by atoms with van der Waals surface area (Å²) in [5, 5.41) is 0. The van der Waals surface area contributed by atoms with E-state index in [4.69, 9.17) is 0 Å². The van der Waals surface area contributed by atoms with Crippen LogP contribution in [0.5, 0.6) is 0 Å². The summed E-state index contributed by atoms with van der Waals surface area (Å²) >= 11 is 0. The van der Waals surface area contributed by atoms with Gasteiger partial charge in [0, 0.05) is 5.92 Å². The van der Waals surface area contributed by atoms with E-state index >= 15 is 0 Å². The van der Waals surface area contributed by atoms with Gasteiger partial charge in [0.25, 0.3) is 5.92 Å². The van der Waals surface area contributed by atoms with Crippen LogP contribution in [0.15, 0.2) is 0 Å². The van der Waals surface area contributed by atoms with Gasteiger partial charge in [0.1, 0.15) is 0 Å². The largest absolute Gasteiger partial charge is 0.279 e. The zero-order valence-electron chi connectivity index (χ0n) is 7.77. The van der Waals surface area contributed by atoms with Crippen LogP contribution in [0.4, 0.5) is 13.2 Å². The van der Waals surface area contributed by atoms with Crippen LogP contribution >= 0.6 is 0 Å². The maximum Gasteiger partial charge on any atom is 0.279 e. The standard InChI is InChI=1S/C10H15F3/c1-6-7-2-3-8(4-7)9(6)10(12,13)5-11/h6-9H,2-5H2,1H3. The van der Waals surface area contributed by atoms with Gasteiger partial charge in [-0.3, -0.25) is 0 Å². The molecule has 0 aromatic heterocycles. The van der Waals surface area contributed by atoms with Crippen LogP contribution in [0.2, 0.25) is 0 Å². The highest BCUT2D eigenvalue weighted by molar-refractivity contribution is 4.99. The Morgan fingerprint density at radius 1 is 1.23 bits per heavy atom. The monoisotopic (exact) mass is 192 g/mol. The quantitative estimate of drug-likeness (QED) is 0.629. The van der Waals surface area contributed by atoms with Crippen LogP contribution in [0.25, 0.3) is 0 Å². The SMILES string of the molecule is CC1C2CCC(C2)C1C(F)(F)CF. The molecule has 4 unspecified atom stereocenters. The number of hydrogen-bond donors (Lipinski definition) is 0. The molecule has 2 bridgehead atoms. The van der Waals surface area contributed by atoms with Gasteiger partial charge in [-0.25, -0.2) is 13.2 Å². The molecule has 2 rings (SSSR count). The lowest BCUT2D eigenvalue weighted by Crippen LogP contribution is -2.38. The van der Waals surface area contributed by atoms with E-state index in [1.807, 2.05) is 6.92 Å². The fourth-order valence-electron chi connectivity index (χ4n) is 3.40. The first kappa shape index (κ1) is 9.35. The Balaban J connectivity index is 2.16. The van der Waals surface area contributed by atoms with Gasteiger partial charge in [-0.2, -0.15) is 0 Å². The number of alkyl halides is 3. The average molecular weight is 192 g/mol. The molecule has 13 heavy (non-hydrogen) atoms. The molecular weight excluding hydrogens is 177 g/mol. The molecule has 0 aromatic rings. The second kappa shape index (κ2) is 2.89. The minimum atomic E-state index is -3.07. The molecule has 2 saturated carbocycles. The van der Waals surface area contributed by atoms with Crippen molar-refractivity contribution in [1.29, 1.82) is 0 Å². The van der Waals surface area contributed by atoms with Crippen molar-refractivity contribution in [2.45, 2.75) is 32.1 Å². The van der Waals surface area contributed by atoms with Crippen LogP contribution in [0.3, 0.4) is 0 Å². The first-order valence-electron chi connectivity index (χ1n) is 5.00. The van der Waals surface area contributed by atoms with Gasteiger partial charge in [-0.1, -0.05) is 6.92 Å². The molecule has 2 aliphatic carbocycles. The van der Waals surface area contributed by atoms with Gasteiger partial charge >= 0.3 is 0 Å². The van der Waals surface area contributed by atoms with Gasteiger partial charge in [-0.05, 0) is 37.0 Å². The molecule has 76 valence electrons. The maximum absolute atomic E-state index is 13.2. The van der Waals surface area contributed by atoms with Crippen molar-refractivity contribution in [1.82, 2.24) is 0 Å². The van der Waals surface area contributed by atoms with E-state index in [1.165, 1.54) is 0 Å². The second-order valence-electron chi connectivity index (χ2n) is 4.61. The van der Waals surface area contributed by atoms with Gasteiger partial charge in [0.2, 0.25) is 0 Å². The summed E-state index contributed by atoms with van der Waals surface area (Å²) in [6.45, 7) is 0.378. The summed E-state index contributed by atoms with van der Waals surface area (Å²) < 4.78 is 38.6. The topological polar surface area (TPSA) is 0 Å². The van der Waals surface area contributed by atoms with E-state index in [2.05, 4.69) is 0 Å². The molecule has 0 N–H and O–H groups in total. The Labute approximate surface area is 76.5 Å². The normalized spacial score (nSPS) is 44.3. The van der Waals surface area contributed by atoms with E-state index in [0.717, 1.165) is 19.3 Å². The minimum Gasteiger partial charge on any atom is -0.244 e. The van der Waals surface area contributed by atoms with Crippen molar-refractivity contribution in [3.63, 3.8) is 0 Å². The lowest BCUT2D eigenvalue weighted by atomic mass is 9.77. The van der Waals surface area contributed by atoms with Crippen molar-refractivity contribution in [2.24, 2.45) is 23.7 Å². The maximum atomic E-state index is 13.2. The molecule has 0 spiro atoms. The minimum absolute atomic E-state index is 0.0181. The van der Waals surface area contributed by atoms with Crippen molar-refractivity contribution in [3.8, 4) is 0 Å². The second-order valence-corrected chi connectivity index (χ2v) is 4.61. The molecule has 0 aromatic carbocycles. The third-order valence-electron chi connectivity index (χ3n) is 4.00. The van der Waals surface area contributed by atoms with Gasteiger partial charge in [-0.15, -0.1) is 0 Å². The summed E-state index contributed by atoms with van der Waals surface area (Å²) in [7, 11) is 0. The third-order valence-corrected chi connectivity index (χ3v) is 4.00. The van der Waals surface area contributed by atoms with Crippen LogP contribution < -0.4 is 0 Å². The molecule has 0 saturated heterocycles. The Hall–Kier alpha value is -0.210. The number of rotatable bonds is 2. The highest BCUT2D eigenvalue weighted by Crippen LogP contribution is 2.56. The molecule has 0 amide bonds. The predicted molar refractivity (Wildman–Crippen MR) is 44.4 cm³/mol. The molecule has 2 fully saturated rings. The Kier molecular flexibility index (Phi) is 2.08. The summed E-state index contributed by atoms with van der Waals surface area (Å²) in [5.74, 6) is -3.21. The van der Waals surface area contributed by atoms with E-state index < -0.39 is 18.5 Å². The lowest BCUT2D eigenvalue weighted by molar-refractivity contribution is -0.110. The number of hydrogen-bond acceptors (Lipinski definition) is 0.